The van der Waals surface area contributed by atoms with Crippen molar-refractivity contribution < 1.29 is 8.42 Å². The standard InChI is InChI=1S/C10H23NO2S/c1-5-7-9(3)11-10(4)8-14(12,13)6-2/h9-11H,5-8H2,1-4H3. The van der Waals surface area contributed by atoms with E-state index >= 15 is 0 Å². The molecule has 0 saturated carbocycles. The molecule has 0 saturated heterocycles. The van der Waals surface area contributed by atoms with Crippen LogP contribution in [0.15, 0.2) is 0 Å². The van der Waals surface area contributed by atoms with E-state index in [0.717, 1.165) is 12.8 Å². The Balaban J connectivity index is 3.92. The molecule has 86 valence electrons. The molecular weight excluding hydrogens is 198 g/mol. The topological polar surface area (TPSA) is 46.2 Å². The zero-order valence-electron chi connectivity index (χ0n) is 9.71. The van der Waals surface area contributed by atoms with Gasteiger partial charge in [0.1, 0.15) is 0 Å². The van der Waals surface area contributed by atoms with Gasteiger partial charge in [0.2, 0.25) is 0 Å². The fourth-order valence-electron chi connectivity index (χ4n) is 1.55. The summed E-state index contributed by atoms with van der Waals surface area (Å²) in [4.78, 5) is 0. The Hall–Kier alpha value is -0.0900. The molecule has 2 unspecified atom stereocenters. The summed E-state index contributed by atoms with van der Waals surface area (Å²) in [5.74, 6) is 0.485. The summed E-state index contributed by atoms with van der Waals surface area (Å²) in [7, 11) is -2.84. The van der Waals surface area contributed by atoms with Crippen LogP contribution in [0.25, 0.3) is 0 Å². The lowest BCUT2D eigenvalue weighted by Gasteiger charge is -2.19. The number of rotatable bonds is 7. The Morgan fingerprint density at radius 3 is 2.14 bits per heavy atom. The van der Waals surface area contributed by atoms with E-state index in [4.69, 9.17) is 0 Å². The first kappa shape index (κ1) is 13.9. The highest BCUT2D eigenvalue weighted by molar-refractivity contribution is 7.91. The third-order valence-corrected chi connectivity index (χ3v) is 4.12. The minimum atomic E-state index is -2.84. The van der Waals surface area contributed by atoms with Crippen molar-refractivity contribution in [2.24, 2.45) is 0 Å². The molecule has 0 aliphatic carbocycles. The lowest BCUT2D eigenvalue weighted by atomic mass is 10.2. The molecule has 0 radical (unpaired) electrons. The van der Waals surface area contributed by atoms with Crippen LogP contribution in [0.2, 0.25) is 0 Å². The van der Waals surface area contributed by atoms with Crippen molar-refractivity contribution in [2.75, 3.05) is 11.5 Å². The van der Waals surface area contributed by atoms with E-state index in [0.29, 0.717) is 6.04 Å². The van der Waals surface area contributed by atoms with Gasteiger partial charge in [-0.2, -0.15) is 0 Å². The molecular formula is C10H23NO2S. The monoisotopic (exact) mass is 221 g/mol. The van der Waals surface area contributed by atoms with E-state index in [1.165, 1.54) is 0 Å². The van der Waals surface area contributed by atoms with Gasteiger partial charge < -0.3 is 5.32 Å². The normalized spacial score (nSPS) is 16.6. The molecule has 2 atom stereocenters. The second-order valence-electron chi connectivity index (χ2n) is 3.96. The molecule has 14 heavy (non-hydrogen) atoms. The van der Waals surface area contributed by atoms with E-state index in [2.05, 4.69) is 19.2 Å². The van der Waals surface area contributed by atoms with Gasteiger partial charge in [-0.1, -0.05) is 20.3 Å². The maximum atomic E-state index is 11.3. The first-order valence-electron chi connectivity index (χ1n) is 5.37. The molecule has 0 aromatic rings. The van der Waals surface area contributed by atoms with Crippen LogP contribution in [0.3, 0.4) is 0 Å². The summed E-state index contributed by atoms with van der Waals surface area (Å²) in [5, 5.41) is 3.29. The van der Waals surface area contributed by atoms with Gasteiger partial charge >= 0.3 is 0 Å². The Morgan fingerprint density at radius 2 is 1.71 bits per heavy atom. The van der Waals surface area contributed by atoms with Crippen molar-refractivity contribution in [1.29, 1.82) is 0 Å². The second kappa shape index (κ2) is 6.40. The highest BCUT2D eigenvalue weighted by atomic mass is 32.2. The summed E-state index contributed by atoms with van der Waals surface area (Å²) < 4.78 is 22.6. The molecule has 3 nitrogen and oxygen atoms in total. The van der Waals surface area contributed by atoms with Gasteiger partial charge in [0.15, 0.2) is 9.84 Å². The molecule has 1 N–H and O–H groups in total. The molecule has 0 aliphatic rings. The molecule has 0 amide bonds. The third-order valence-electron chi connectivity index (χ3n) is 2.23. The van der Waals surface area contributed by atoms with Gasteiger partial charge in [-0.05, 0) is 20.3 Å². The van der Waals surface area contributed by atoms with Gasteiger partial charge in [0.25, 0.3) is 0 Å². The van der Waals surface area contributed by atoms with Crippen LogP contribution >= 0.6 is 0 Å². The zero-order valence-corrected chi connectivity index (χ0v) is 10.5. The number of sulfone groups is 1. The fourth-order valence-corrected chi connectivity index (χ4v) is 2.64. The highest BCUT2D eigenvalue weighted by Crippen LogP contribution is 2.00. The predicted molar refractivity (Wildman–Crippen MR) is 61.3 cm³/mol. The van der Waals surface area contributed by atoms with E-state index in [1.807, 2.05) is 6.92 Å². The molecule has 0 fully saturated rings. The minimum absolute atomic E-state index is 0.0569. The second-order valence-corrected chi connectivity index (χ2v) is 6.35. The molecule has 0 aromatic heterocycles. The lowest BCUT2D eigenvalue weighted by molar-refractivity contribution is 0.460. The number of hydrogen-bond acceptors (Lipinski definition) is 3. The van der Waals surface area contributed by atoms with Crippen molar-refractivity contribution >= 4 is 9.84 Å². The third kappa shape index (κ3) is 6.38. The van der Waals surface area contributed by atoms with Crippen molar-refractivity contribution in [1.82, 2.24) is 5.32 Å². The largest absolute Gasteiger partial charge is 0.311 e. The maximum Gasteiger partial charge on any atom is 0.151 e. The Labute approximate surface area is 88.2 Å². The highest BCUT2D eigenvalue weighted by Gasteiger charge is 2.14. The first-order chi connectivity index (χ1) is 6.41. The van der Waals surface area contributed by atoms with Crippen molar-refractivity contribution in [2.45, 2.75) is 52.6 Å². The molecule has 0 aliphatic heterocycles. The van der Waals surface area contributed by atoms with Gasteiger partial charge in [0, 0.05) is 17.8 Å². The van der Waals surface area contributed by atoms with Gasteiger partial charge in [-0.25, -0.2) is 8.42 Å². The Morgan fingerprint density at radius 1 is 1.14 bits per heavy atom. The van der Waals surface area contributed by atoms with Crippen LogP contribution in [0, 0.1) is 0 Å². The van der Waals surface area contributed by atoms with E-state index < -0.39 is 9.84 Å². The minimum Gasteiger partial charge on any atom is -0.311 e. The predicted octanol–water partition coefficient (Wildman–Crippen LogP) is 1.59. The van der Waals surface area contributed by atoms with Gasteiger partial charge in [-0.3, -0.25) is 0 Å². The summed E-state index contributed by atoms with van der Waals surface area (Å²) in [6.45, 7) is 7.85. The van der Waals surface area contributed by atoms with Crippen LogP contribution in [-0.2, 0) is 9.84 Å². The summed E-state index contributed by atoms with van der Waals surface area (Å²) in [6.07, 6.45) is 2.22. The molecule has 4 heteroatoms. The molecule has 0 rings (SSSR count). The van der Waals surface area contributed by atoms with Crippen molar-refractivity contribution in [3.8, 4) is 0 Å². The molecule has 0 aromatic carbocycles. The van der Waals surface area contributed by atoms with Crippen LogP contribution in [0.4, 0.5) is 0 Å². The molecule has 0 spiro atoms. The number of nitrogens with one attached hydrogen (secondary N) is 1. The van der Waals surface area contributed by atoms with Gasteiger partial charge in [-0.15, -0.1) is 0 Å². The van der Waals surface area contributed by atoms with Gasteiger partial charge in [0.05, 0.1) is 5.75 Å². The summed E-state index contributed by atoms with van der Waals surface area (Å²) >= 11 is 0. The average molecular weight is 221 g/mol. The number of hydrogen-bond donors (Lipinski definition) is 1. The van der Waals surface area contributed by atoms with E-state index in [-0.39, 0.29) is 17.5 Å². The zero-order chi connectivity index (χ0) is 11.2. The van der Waals surface area contributed by atoms with E-state index in [9.17, 15) is 8.42 Å². The van der Waals surface area contributed by atoms with Crippen LogP contribution in [0.1, 0.15) is 40.5 Å². The smallest absolute Gasteiger partial charge is 0.151 e. The first-order valence-corrected chi connectivity index (χ1v) is 7.19. The van der Waals surface area contributed by atoms with Crippen LogP contribution < -0.4 is 5.32 Å². The Bertz CT molecular complexity index is 237. The van der Waals surface area contributed by atoms with Crippen molar-refractivity contribution in [3.05, 3.63) is 0 Å². The van der Waals surface area contributed by atoms with Crippen molar-refractivity contribution in [3.63, 3.8) is 0 Å². The van der Waals surface area contributed by atoms with Crippen LogP contribution in [0.5, 0.6) is 0 Å². The molecule has 0 bridgehead atoms. The average Bonchev–Trinajstić information content (AvgIpc) is 2.03. The quantitative estimate of drug-likeness (QED) is 0.710. The summed E-state index contributed by atoms with van der Waals surface area (Å²) in [5.41, 5.74) is 0. The Kier molecular flexibility index (Phi) is 6.36. The molecule has 0 heterocycles. The van der Waals surface area contributed by atoms with Crippen LogP contribution in [-0.4, -0.2) is 32.0 Å². The summed E-state index contributed by atoms with van der Waals surface area (Å²) in [6, 6.07) is 0.462. The SMILES string of the molecule is CCCC(C)NC(C)CS(=O)(=O)CC. The lowest BCUT2D eigenvalue weighted by Crippen LogP contribution is -2.39. The maximum absolute atomic E-state index is 11.3. The fraction of sp³-hybridized carbons (Fsp3) is 1.00. The van der Waals surface area contributed by atoms with E-state index in [1.54, 1.807) is 6.92 Å².